The van der Waals surface area contributed by atoms with E-state index in [9.17, 15) is 22.8 Å². The fraction of sp³-hybridized carbons (Fsp3) is 0.118. The molecule has 7 nitrogen and oxygen atoms in total. The molecule has 2 aromatic heterocycles. The second kappa shape index (κ2) is 6.01. The monoisotopic (exact) mass is 374 g/mol. The molecule has 1 aliphatic rings. The first-order chi connectivity index (χ1) is 12.9. The molecule has 2 amide bonds. The second-order valence-electron chi connectivity index (χ2n) is 5.68. The van der Waals surface area contributed by atoms with Crippen LogP contribution in [0.15, 0.2) is 47.2 Å². The normalized spacial score (nSPS) is 14.0. The van der Waals surface area contributed by atoms with Crippen LogP contribution < -0.4 is 0 Å². The fourth-order valence-electron chi connectivity index (χ4n) is 2.76. The molecule has 0 saturated carbocycles. The molecular formula is C17H9F3N4O3. The third-order valence-corrected chi connectivity index (χ3v) is 4.00. The van der Waals surface area contributed by atoms with Crippen LogP contribution >= 0.6 is 0 Å². The maximum atomic E-state index is 13.1. The standard InChI is InChI=1S/C17H9F3N4O3/c18-17(19,20)12-5-6-21-7-11(12)14-22-13(23-27-14)8-24-15(25)9-3-1-2-4-10(9)16(24)26/h1-7H,8H2. The molecule has 3 heterocycles. The zero-order chi connectivity index (χ0) is 19.2. The van der Waals surface area contributed by atoms with E-state index in [0.717, 1.165) is 23.4 Å². The van der Waals surface area contributed by atoms with Crippen molar-refractivity contribution in [2.24, 2.45) is 0 Å². The number of pyridine rings is 1. The summed E-state index contributed by atoms with van der Waals surface area (Å²) in [4.78, 5) is 33.1. The Bertz CT molecular complexity index is 1030. The lowest BCUT2D eigenvalue weighted by Crippen LogP contribution is -2.29. The molecule has 27 heavy (non-hydrogen) atoms. The Labute approximate surface area is 149 Å². The number of hydrogen-bond acceptors (Lipinski definition) is 6. The highest BCUT2D eigenvalue weighted by Gasteiger charge is 2.37. The van der Waals surface area contributed by atoms with Crippen LogP contribution in [0, 0.1) is 0 Å². The van der Waals surface area contributed by atoms with Crippen LogP contribution in [0.5, 0.6) is 0 Å². The van der Waals surface area contributed by atoms with Crippen molar-refractivity contribution >= 4 is 11.8 Å². The summed E-state index contributed by atoms with van der Waals surface area (Å²) >= 11 is 0. The van der Waals surface area contributed by atoms with E-state index in [-0.39, 0.29) is 29.1 Å². The number of imide groups is 1. The molecule has 0 atom stereocenters. The molecule has 10 heteroatoms. The molecule has 3 aromatic rings. The summed E-state index contributed by atoms with van der Waals surface area (Å²) in [6.07, 6.45) is -2.67. The molecule has 1 aliphatic heterocycles. The van der Waals surface area contributed by atoms with Crippen molar-refractivity contribution in [3.05, 3.63) is 65.2 Å². The third-order valence-electron chi connectivity index (χ3n) is 4.00. The minimum absolute atomic E-state index is 0.100. The van der Waals surface area contributed by atoms with E-state index >= 15 is 0 Å². The number of amides is 2. The van der Waals surface area contributed by atoms with E-state index in [0.29, 0.717) is 0 Å². The topological polar surface area (TPSA) is 89.2 Å². The van der Waals surface area contributed by atoms with Crippen molar-refractivity contribution in [1.29, 1.82) is 0 Å². The summed E-state index contributed by atoms with van der Waals surface area (Å²) in [7, 11) is 0. The number of carbonyl (C=O) groups excluding carboxylic acids is 2. The molecule has 136 valence electrons. The summed E-state index contributed by atoms with van der Waals surface area (Å²) in [6.45, 7) is -0.322. The quantitative estimate of drug-likeness (QED) is 0.655. The largest absolute Gasteiger partial charge is 0.417 e. The second-order valence-corrected chi connectivity index (χ2v) is 5.68. The minimum atomic E-state index is -4.63. The zero-order valence-electron chi connectivity index (χ0n) is 13.4. The number of alkyl halides is 3. The smallest absolute Gasteiger partial charge is 0.334 e. The predicted octanol–water partition coefficient (Wildman–Crippen LogP) is 2.95. The highest BCUT2D eigenvalue weighted by molar-refractivity contribution is 6.21. The van der Waals surface area contributed by atoms with Crippen LogP contribution in [0.25, 0.3) is 11.5 Å². The molecule has 1 aromatic carbocycles. The van der Waals surface area contributed by atoms with Crippen LogP contribution in [0.4, 0.5) is 13.2 Å². The highest BCUT2D eigenvalue weighted by Crippen LogP contribution is 2.36. The van der Waals surface area contributed by atoms with Gasteiger partial charge in [-0.15, -0.1) is 0 Å². The van der Waals surface area contributed by atoms with E-state index in [1.165, 1.54) is 12.1 Å². The van der Waals surface area contributed by atoms with Gasteiger partial charge in [-0.3, -0.25) is 19.5 Å². The Morgan fingerprint density at radius 1 is 1.00 bits per heavy atom. The van der Waals surface area contributed by atoms with Gasteiger partial charge in [0.25, 0.3) is 17.7 Å². The Kier molecular flexibility index (Phi) is 3.76. The van der Waals surface area contributed by atoms with Gasteiger partial charge in [-0.25, -0.2) is 0 Å². The number of rotatable bonds is 3. The maximum Gasteiger partial charge on any atom is 0.417 e. The molecule has 4 rings (SSSR count). The molecule has 0 saturated heterocycles. The molecular weight excluding hydrogens is 365 g/mol. The van der Waals surface area contributed by atoms with Crippen molar-refractivity contribution in [3.8, 4) is 11.5 Å². The van der Waals surface area contributed by atoms with Crippen molar-refractivity contribution < 1.29 is 27.3 Å². The first-order valence-corrected chi connectivity index (χ1v) is 7.65. The van der Waals surface area contributed by atoms with Gasteiger partial charge in [-0.2, -0.15) is 18.2 Å². The fourth-order valence-corrected chi connectivity index (χ4v) is 2.76. The van der Waals surface area contributed by atoms with E-state index in [1.807, 2.05) is 0 Å². The van der Waals surface area contributed by atoms with E-state index in [1.54, 1.807) is 12.1 Å². The van der Waals surface area contributed by atoms with E-state index in [4.69, 9.17) is 4.52 Å². The summed E-state index contributed by atoms with van der Waals surface area (Å²) in [5.41, 5.74) is -0.866. The van der Waals surface area contributed by atoms with E-state index in [2.05, 4.69) is 15.1 Å². The summed E-state index contributed by atoms with van der Waals surface area (Å²) in [5.74, 6) is -1.56. The lowest BCUT2D eigenvalue weighted by atomic mass is 10.1. The first kappa shape index (κ1) is 16.9. The summed E-state index contributed by atoms with van der Waals surface area (Å²) < 4.78 is 44.2. The lowest BCUT2D eigenvalue weighted by Gasteiger charge is -2.10. The third kappa shape index (κ3) is 2.84. The molecule has 0 unspecified atom stereocenters. The van der Waals surface area contributed by atoms with Gasteiger partial charge in [0.15, 0.2) is 5.82 Å². The van der Waals surface area contributed by atoms with Gasteiger partial charge in [0, 0.05) is 12.4 Å². The van der Waals surface area contributed by atoms with Gasteiger partial charge in [0.1, 0.15) is 0 Å². The number of hydrogen-bond donors (Lipinski definition) is 0. The Morgan fingerprint density at radius 3 is 2.30 bits per heavy atom. The van der Waals surface area contributed by atoms with Crippen LogP contribution in [0.2, 0.25) is 0 Å². The van der Waals surface area contributed by atoms with Crippen molar-refractivity contribution in [2.45, 2.75) is 12.7 Å². The van der Waals surface area contributed by atoms with Gasteiger partial charge in [-0.1, -0.05) is 17.3 Å². The highest BCUT2D eigenvalue weighted by atomic mass is 19.4. The number of benzene rings is 1. The molecule has 0 spiro atoms. The molecule has 0 N–H and O–H groups in total. The first-order valence-electron chi connectivity index (χ1n) is 7.65. The molecule has 0 radical (unpaired) electrons. The van der Waals surface area contributed by atoms with E-state index < -0.39 is 29.4 Å². The van der Waals surface area contributed by atoms with Gasteiger partial charge in [-0.05, 0) is 18.2 Å². The predicted molar refractivity (Wildman–Crippen MR) is 83.2 cm³/mol. The Morgan fingerprint density at radius 2 is 1.67 bits per heavy atom. The lowest BCUT2D eigenvalue weighted by molar-refractivity contribution is -0.137. The van der Waals surface area contributed by atoms with Gasteiger partial charge in [0.05, 0.1) is 28.8 Å². The number of aromatic nitrogens is 3. The van der Waals surface area contributed by atoms with Crippen molar-refractivity contribution in [3.63, 3.8) is 0 Å². The van der Waals surface area contributed by atoms with Gasteiger partial charge >= 0.3 is 6.18 Å². The average Bonchev–Trinajstić information content (AvgIpc) is 3.21. The summed E-state index contributed by atoms with van der Waals surface area (Å²) in [6, 6.07) is 7.08. The van der Waals surface area contributed by atoms with Crippen molar-refractivity contribution in [2.75, 3.05) is 0 Å². The SMILES string of the molecule is O=C1c2ccccc2C(=O)N1Cc1noc(-c2cnccc2C(F)(F)F)n1. The molecule has 0 bridgehead atoms. The van der Waals surface area contributed by atoms with Crippen molar-refractivity contribution in [1.82, 2.24) is 20.0 Å². The number of fused-ring (bicyclic) bond motifs is 1. The summed E-state index contributed by atoms with van der Waals surface area (Å²) in [5, 5.41) is 3.58. The van der Waals surface area contributed by atoms with Gasteiger partial charge in [0.2, 0.25) is 0 Å². The molecule has 0 aliphatic carbocycles. The maximum absolute atomic E-state index is 13.1. The van der Waals surface area contributed by atoms with Crippen LogP contribution in [0.1, 0.15) is 32.1 Å². The average molecular weight is 374 g/mol. The number of nitrogens with zero attached hydrogens (tertiary/aromatic N) is 4. The minimum Gasteiger partial charge on any atom is -0.334 e. The van der Waals surface area contributed by atoms with Crippen LogP contribution in [-0.2, 0) is 12.7 Å². The van der Waals surface area contributed by atoms with Gasteiger partial charge < -0.3 is 4.52 Å². The Balaban J connectivity index is 1.63. The van der Waals surface area contributed by atoms with Crippen LogP contribution in [0.3, 0.4) is 0 Å². The number of halogens is 3. The zero-order valence-corrected chi connectivity index (χ0v) is 13.4. The van der Waals surface area contributed by atoms with Crippen LogP contribution in [-0.4, -0.2) is 31.8 Å². The molecule has 0 fully saturated rings. The number of carbonyl (C=O) groups is 2. The Hall–Kier alpha value is -3.56.